The van der Waals surface area contributed by atoms with Crippen molar-refractivity contribution in [1.82, 2.24) is 14.7 Å². The van der Waals surface area contributed by atoms with Gasteiger partial charge in [0.1, 0.15) is 17.0 Å². The van der Waals surface area contributed by atoms with E-state index < -0.39 is 33.1 Å². The second kappa shape index (κ2) is 9.69. The van der Waals surface area contributed by atoms with Gasteiger partial charge >= 0.3 is 0 Å². The number of aromatic nitrogens is 2. The van der Waals surface area contributed by atoms with E-state index >= 15 is 0 Å². The molecule has 1 N–H and O–H groups in total. The van der Waals surface area contributed by atoms with Crippen molar-refractivity contribution < 1.29 is 26.7 Å². The smallest absolute Gasteiger partial charge is 0.281 e. The number of benzene rings is 1. The van der Waals surface area contributed by atoms with Crippen LogP contribution in [0, 0.1) is 20.8 Å². The first-order valence-electron chi connectivity index (χ1n) is 10.8. The third-order valence-electron chi connectivity index (χ3n) is 5.15. The molecule has 0 unspecified atom stereocenters. The van der Waals surface area contributed by atoms with Gasteiger partial charge in [-0.3, -0.25) is 4.79 Å². The highest BCUT2D eigenvalue weighted by Gasteiger charge is 2.27. The number of hydrogen-bond donors (Lipinski definition) is 1. The van der Waals surface area contributed by atoms with Crippen molar-refractivity contribution in [2.24, 2.45) is 0 Å². The summed E-state index contributed by atoms with van der Waals surface area (Å²) in [6.07, 6.45) is -2.96. The number of carbonyl (C=O) groups is 1. The van der Waals surface area contributed by atoms with Crippen LogP contribution in [0.1, 0.15) is 65.6 Å². The minimum Gasteiger partial charge on any atom is -0.438 e. The van der Waals surface area contributed by atoms with Crippen LogP contribution in [0.4, 0.5) is 8.78 Å². The summed E-state index contributed by atoms with van der Waals surface area (Å²) < 4.78 is 59.4. The molecule has 2 aromatic heterocycles. The summed E-state index contributed by atoms with van der Waals surface area (Å²) in [5.41, 5.74) is 2.06. The summed E-state index contributed by atoms with van der Waals surface area (Å²) in [4.78, 5) is 21.0. The quantitative estimate of drug-likeness (QED) is 0.474. The molecule has 0 aliphatic heterocycles. The van der Waals surface area contributed by atoms with Crippen molar-refractivity contribution in [3.63, 3.8) is 0 Å². The van der Waals surface area contributed by atoms with Crippen LogP contribution >= 0.6 is 0 Å². The number of hydrogen-bond acceptors (Lipinski definition) is 6. The lowest BCUT2D eigenvalue weighted by Crippen LogP contribution is -2.32. The van der Waals surface area contributed by atoms with Gasteiger partial charge in [-0.25, -0.2) is 23.5 Å². The highest BCUT2D eigenvalue weighted by Crippen LogP contribution is 2.33. The van der Waals surface area contributed by atoms with Crippen molar-refractivity contribution in [1.29, 1.82) is 0 Å². The molecule has 35 heavy (non-hydrogen) atoms. The first-order chi connectivity index (χ1) is 16.2. The zero-order valence-corrected chi connectivity index (χ0v) is 21.1. The number of rotatable bonds is 6. The SMILES string of the molecule is Cc1cc(C)c(Oc2nc(C(C)(C)C)ccc2C(=O)NS(=O)(=O)c2cccc(C(F)F)n2)c(C)c1. The Hall–Kier alpha value is -3.40. The van der Waals surface area contributed by atoms with Crippen LogP contribution in [0.2, 0.25) is 0 Å². The highest BCUT2D eigenvalue weighted by molar-refractivity contribution is 7.90. The predicted molar refractivity (Wildman–Crippen MR) is 128 cm³/mol. The molecule has 0 aliphatic rings. The van der Waals surface area contributed by atoms with Gasteiger partial charge in [0, 0.05) is 11.1 Å². The number of nitrogens with one attached hydrogen (secondary N) is 1. The molecule has 3 rings (SSSR count). The zero-order valence-electron chi connectivity index (χ0n) is 20.3. The van der Waals surface area contributed by atoms with Crippen LogP contribution in [0.25, 0.3) is 0 Å². The van der Waals surface area contributed by atoms with E-state index in [2.05, 4.69) is 9.97 Å². The van der Waals surface area contributed by atoms with Gasteiger partial charge in [0.05, 0.1) is 0 Å². The topological polar surface area (TPSA) is 98.2 Å². The fourth-order valence-corrected chi connectivity index (χ4v) is 4.41. The highest BCUT2D eigenvalue weighted by atomic mass is 32.2. The fourth-order valence-electron chi connectivity index (χ4n) is 3.46. The van der Waals surface area contributed by atoms with Gasteiger partial charge in [-0.2, -0.15) is 8.42 Å². The maximum absolute atomic E-state index is 13.1. The maximum Gasteiger partial charge on any atom is 0.281 e. The van der Waals surface area contributed by atoms with Gasteiger partial charge < -0.3 is 4.74 Å². The van der Waals surface area contributed by atoms with Gasteiger partial charge in [-0.1, -0.05) is 44.5 Å². The lowest BCUT2D eigenvalue weighted by Gasteiger charge is -2.21. The van der Waals surface area contributed by atoms with Crippen molar-refractivity contribution in [2.75, 3.05) is 0 Å². The van der Waals surface area contributed by atoms with E-state index in [9.17, 15) is 22.0 Å². The number of alkyl halides is 2. The molecule has 1 aromatic carbocycles. The number of amides is 1. The first kappa shape index (κ1) is 26.2. The summed E-state index contributed by atoms with van der Waals surface area (Å²) >= 11 is 0. The van der Waals surface area contributed by atoms with Gasteiger partial charge in [0.15, 0.2) is 5.03 Å². The second-order valence-corrected chi connectivity index (χ2v) is 10.9. The van der Waals surface area contributed by atoms with Crippen LogP contribution in [0.3, 0.4) is 0 Å². The lowest BCUT2D eigenvalue weighted by atomic mass is 9.91. The predicted octanol–water partition coefficient (Wildman–Crippen LogP) is 5.55. The van der Waals surface area contributed by atoms with E-state index in [0.29, 0.717) is 11.4 Å². The number of aryl methyl sites for hydroxylation is 3. The normalized spacial score (nSPS) is 12.0. The van der Waals surface area contributed by atoms with Crippen molar-refractivity contribution in [3.8, 4) is 11.6 Å². The van der Waals surface area contributed by atoms with Gasteiger partial charge in [0.2, 0.25) is 5.88 Å². The fraction of sp³-hybridized carbons (Fsp3) is 0.320. The number of sulfonamides is 1. The average molecular weight is 504 g/mol. The molecule has 10 heteroatoms. The summed E-state index contributed by atoms with van der Waals surface area (Å²) in [6, 6.07) is 10.0. The summed E-state index contributed by atoms with van der Waals surface area (Å²) in [6.45, 7) is 11.5. The first-order valence-corrected chi connectivity index (χ1v) is 12.3. The molecule has 7 nitrogen and oxygen atoms in total. The molecule has 3 aromatic rings. The Bertz CT molecular complexity index is 1360. The Morgan fingerprint density at radius 2 is 1.63 bits per heavy atom. The van der Waals surface area contributed by atoms with Crippen molar-refractivity contribution >= 4 is 15.9 Å². The molecule has 0 spiro atoms. The van der Waals surface area contributed by atoms with Gasteiger partial charge in [-0.05, 0) is 56.2 Å². The molecule has 0 aliphatic carbocycles. The van der Waals surface area contributed by atoms with Crippen molar-refractivity contribution in [2.45, 2.75) is 58.4 Å². The van der Waals surface area contributed by atoms with E-state index in [0.717, 1.165) is 34.9 Å². The third-order valence-corrected chi connectivity index (χ3v) is 6.38. The number of ether oxygens (including phenoxy) is 1. The van der Waals surface area contributed by atoms with Gasteiger partial charge in [-0.15, -0.1) is 0 Å². The second-order valence-electron chi connectivity index (χ2n) is 9.27. The minimum atomic E-state index is -4.54. The molecule has 2 heterocycles. The van der Waals surface area contributed by atoms with E-state index in [1.165, 1.54) is 6.07 Å². The third kappa shape index (κ3) is 6.00. The lowest BCUT2D eigenvalue weighted by molar-refractivity contribution is 0.0978. The van der Waals surface area contributed by atoms with E-state index in [4.69, 9.17) is 4.74 Å². The van der Waals surface area contributed by atoms with E-state index in [1.54, 1.807) is 6.07 Å². The molecule has 0 bridgehead atoms. The molecule has 0 saturated heterocycles. The number of pyridine rings is 2. The van der Waals surface area contributed by atoms with Crippen LogP contribution in [0.15, 0.2) is 47.5 Å². The molecule has 0 radical (unpaired) electrons. The zero-order chi connectivity index (χ0) is 26.1. The van der Waals surface area contributed by atoms with Gasteiger partial charge in [0.25, 0.3) is 22.4 Å². The molecule has 0 atom stereocenters. The maximum atomic E-state index is 13.1. The monoisotopic (exact) mass is 503 g/mol. The Labute approximate surface area is 203 Å². The number of nitrogens with zero attached hydrogens (tertiary/aromatic N) is 2. The number of carbonyl (C=O) groups excluding carboxylic acids is 1. The standard InChI is InChI=1S/C25H27F2N3O4S/c1-14-12-15(2)21(16(3)13-14)34-24-17(10-11-19(29-24)25(4,5)6)23(31)30-35(32,33)20-9-7-8-18(28-20)22(26)27/h7-13,22H,1-6H3,(H,30,31). The molecule has 1 amide bonds. The Morgan fingerprint density at radius 3 is 2.20 bits per heavy atom. The Morgan fingerprint density at radius 1 is 1.00 bits per heavy atom. The molecule has 0 saturated carbocycles. The summed E-state index contributed by atoms with van der Waals surface area (Å²) in [5, 5.41) is -0.699. The molecular formula is C25H27F2N3O4S. The number of halogens is 2. The molecular weight excluding hydrogens is 476 g/mol. The minimum absolute atomic E-state index is 0.0746. The largest absolute Gasteiger partial charge is 0.438 e. The van der Waals surface area contributed by atoms with Crippen LogP contribution in [-0.2, 0) is 15.4 Å². The van der Waals surface area contributed by atoms with Crippen LogP contribution in [0.5, 0.6) is 11.6 Å². The van der Waals surface area contributed by atoms with Crippen molar-refractivity contribution in [3.05, 3.63) is 76.1 Å². The van der Waals surface area contributed by atoms with Crippen LogP contribution < -0.4 is 9.46 Å². The van der Waals surface area contributed by atoms with E-state index in [-0.39, 0.29) is 16.9 Å². The summed E-state index contributed by atoms with van der Waals surface area (Å²) in [7, 11) is -4.54. The average Bonchev–Trinajstić information content (AvgIpc) is 2.75. The molecule has 186 valence electrons. The molecule has 0 fully saturated rings. The Kier molecular flexibility index (Phi) is 7.26. The summed E-state index contributed by atoms with van der Waals surface area (Å²) in [5.74, 6) is -0.605. The Balaban J connectivity index is 2.04. The van der Waals surface area contributed by atoms with E-state index in [1.807, 2.05) is 58.4 Å². The van der Waals surface area contributed by atoms with Crippen LogP contribution in [-0.4, -0.2) is 24.3 Å².